The largest absolute Gasteiger partial charge is 4.00 e. The van der Waals surface area contributed by atoms with Crippen LogP contribution in [0.5, 0.6) is 0 Å². The maximum absolute atomic E-state index is 8.93. The minimum Gasteiger partial charge on any atom is -0.543 e. The second-order valence-electron chi connectivity index (χ2n) is 1.72. The molecule has 0 aromatic heterocycles. The van der Waals surface area contributed by atoms with E-state index in [1.54, 1.807) is 0 Å². The number of rotatable bonds is 0. The monoisotopic (exact) mass is 507 g/mol. The van der Waals surface area contributed by atoms with Crippen LogP contribution in [0.15, 0.2) is 0 Å². The van der Waals surface area contributed by atoms with Gasteiger partial charge in [-0.05, 0) is 0 Å². The standard InChI is InChI=1S/3C2H2O4.Co.W/c3*3-1(4)2(5)6;;/h3*(H,3,4)(H,5,6);;/q;;;+2;+4/p-6. The Labute approximate surface area is 133 Å². The molecule has 20 heavy (non-hydrogen) atoms. The zero-order valence-electron chi connectivity index (χ0n) is 8.64. The van der Waals surface area contributed by atoms with Crippen molar-refractivity contribution in [1.82, 2.24) is 0 Å². The summed E-state index contributed by atoms with van der Waals surface area (Å²) in [6, 6.07) is 0. The quantitative estimate of drug-likeness (QED) is 0.278. The van der Waals surface area contributed by atoms with E-state index in [-0.39, 0.29) is 37.8 Å². The van der Waals surface area contributed by atoms with Crippen LogP contribution in [0, 0.1) is 0 Å². The molecule has 0 aromatic rings. The van der Waals surface area contributed by atoms with Crippen molar-refractivity contribution in [2.24, 2.45) is 0 Å². The molecule has 0 bridgehead atoms. The first kappa shape index (κ1) is 30.8. The van der Waals surface area contributed by atoms with Crippen LogP contribution in [-0.2, 0) is 66.6 Å². The molecule has 0 amide bonds. The van der Waals surface area contributed by atoms with Crippen molar-refractivity contribution in [3.05, 3.63) is 0 Å². The average molecular weight is 507 g/mol. The summed E-state index contributed by atoms with van der Waals surface area (Å²) in [6.45, 7) is 0. The van der Waals surface area contributed by atoms with Crippen molar-refractivity contribution in [2.45, 2.75) is 0 Å². The molecule has 0 heterocycles. The van der Waals surface area contributed by atoms with Gasteiger partial charge in [0.2, 0.25) is 0 Å². The zero-order chi connectivity index (χ0) is 15.5. The van der Waals surface area contributed by atoms with Gasteiger partial charge < -0.3 is 59.4 Å². The zero-order valence-corrected chi connectivity index (χ0v) is 12.6. The molecular weight excluding hydrogens is 507 g/mol. The number of carboxylic acids is 6. The molecule has 0 fully saturated rings. The summed E-state index contributed by atoms with van der Waals surface area (Å²) < 4.78 is 0. The third kappa shape index (κ3) is 36.0. The summed E-state index contributed by atoms with van der Waals surface area (Å²) in [7, 11) is 0. The first-order valence-electron chi connectivity index (χ1n) is 3.20. The average Bonchev–Trinajstić information content (AvgIpc) is 2.18. The van der Waals surface area contributed by atoms with Crippen LogP contribution in [0.4, 0.5) is 0 Å². The van der Waals surface area contributed by atoms with Crippen molar-refractivity contribution in [2.75, 3.05) is 0 Å². The van der Waals surface area contributed by atoms with Crippen LogP contribution in [0.25, 0.3) is 0 Å². The van der Waals surface area contributed by atoms with Gasteiger partial charge in [-0.15, -0.1) is 0 Å². The van der Waals surface area contributed by atoms with E-state index in [9.17, 15) is 0 Å². The number of carbonyl (C=O) groups excluding carboxylic acids is 6. The first-order chi connectivity index (χ1) is 7.93. The Kier molecular flexibility index (Phi) is 26.2. The van der Waals surface area contributed by atoms with Gasteiger partial charge in [0.1, 0.15) is 0 Å². The second kappa shape index (κ2) is 17.0. The number of aliphatic carboxylic acids is 6. The fourth-order valence-corrected chi connectivity index (χ4v) is 0. The van der Waals surface area contributed by atoms with Crippen molar-refractivity contribution in [3.63, 3.8) is 0 Å². The third-order valence-corrected chi connectivity index (χ3v) is 0.500. The minimum atomic E-state index is -2.19. The van der Waals surface area contributed by atoms with Gasteiger partial charge >= 0.3 is 37.8 Å². The smallest absolute Gasteiger partial charge is 0.543 e. The van der Waals surface area contributed by atoms with Crippen LogP contribution in [-0.4, -0.2) is 35.8 Å². The molecule has 111 valence electrons. The molecular formula is C6CoO12W. The van der Waals surface area contributed by atoms with Gasteiger partial charge in [0.25, 0.3) is 0 Å². The Balaban J connectivity index is -0.0000000536. The van der Waals surface area contributed by atoms with E-state index in [0.29, 0.717) is 0 Å². The molecule has 0 aromatic carbocycles. The SMILES string of the molecule is O=C([O-])C(=O)[O-].O=C([O-])C(=O)[O-].O=C([O-])C(=O)[O-].[Co+2].[W+4]. The van der Waals surface area contributed by atoms with E-state index in [1.165, 1.54) is 0 Å². The summed E-state index contributed by atoms with van der Waals surface area (Å²) in [5.74, 6) is -13.1. The molecule has 12 nitrogen and oxygen atoms in total. The molecule has 0 aliphatic heterocycles. The number of hydrogen-bond acceptors (Lipinski definition) is 12. The van der Waals surface area contributed by atoms with Gasteiger partial charge in [-0.25, -0.2) is 0 Å². The van der Waals surface area contributed by atoms with Gasteiger partial charge in [-0.1, -0.05) is 0 Å². The van der Waals surface area contributed by atoms with Crippen molar-refractivity contribution in [3.8, 4) is 0 Å². The Morgan fingerprint density at radius 2 is 0.450 bits per heavy atom. The van der Waals surface area contributed by atoms with E-state index in [4.69, 9.17) is 59.4 Å². The van der Waals surface area contributed by atoms with Crippen LogP contribution in [0.2, 0.25) is 0 Å². The molecule has 0 aliphatic carbocycles. The van der Waals surface area contributed by atoms with Gasteiger partial charge in [0.05, 0.1) is 35.8 Å². The van der Waals surface area contributed by atoms with Crippen LogP contribution >= 0.6 is 0 Å². The van der Waals surface area contributed by atoms with Crippen LogP contribution in [0.3, 0.4) is 0 Å². The number of carbonyl (C=O) groups is 6. The van der Waals surface area contributed by atoms with E-state index in [2.05, 4.69) is 0 Å². The summed E-state index contributed by atoms with van der Waals surface area (Å²) >= 11 is 0. The van der Waals surface area contributed by atoms with Gasteiger partial charge in [0, 0.05) is 0 Å². The van der Waals surface area contributed by atoms with Crippen molar-refractivity contribution < 1.29 is 97.3 Å². The molecule has 0 unspecified atom stereocenters. The molecule has 14 heteroatoms. The minimum absolute atomic E-state index is 0. The molecule has 0 rings (SSSR count). The summed E-state index contributed by atoms with van der Waals surface area (Å²) in [6.07, 6.45) is 0. The van der Waals surface area contributed by atoms with Crippen molar-refractivity contribution >= 4 is 35.8 Å². The van der Waals surface area contributed by atoms with E-state index in [1.807, 2.05) is 0 Å². The Morgan fingerprint density at radius 3 is 0.450 bits per heavy atom. The van der Waals surface area contributed by atoms with Crippen LogP contribution < -0.4 is 30.6 Å². The molecule has 0 aliphatic rings. The fraction of sp³-hybridized carbons (Fsp3) is 0. The van der Waals surface area contributed by atoms with E-state index in [0.717, 1.165) is 0 Å². The maximum atomic E-state index is 8.93. The second-order valence-corrected chi connectivity index (χ2v) is 1.72. The maximum Gasteiger partial charge on any atom is 4.00 e. The van der Waals surface area contributed by atoms with Crippen molar-refractivity contribution in [1.29, 1.82) is 0 Å². The predicted octanol–water partition coefficient (Wildman–Crippen LogP) is -10.5. The Hall–Kier alpha value is -1.99. The number of hydrogen-bond donors (Lipinski definition) is 0. The van der Waals surface area contributed by atoms with Crippen LogP contribution in [0.1, 0.15) is 0 Å². The molecule has 0 spiro atoms. The molecule has 1 radical (unpaired) electrons. The topological polar surface area (TPSA) is 241 Å². The normalized spacial score (nSPS) is 6.60. The van der Waals surface area contributed by atoms with Gasteiger partial charge in [-0.2, -0.15) is 0 Å². The molecule has 0 atom stereocenters. The molecule has 0 saturated carbocycles. The van der Waals surface area contributed by atoms with E-state index >= 15 is 0 Å². The Morgan fingerprint density at radius 1 is 0.400 bits per heavy atom. The molecule has 0 N–H and O–H groups in total. The number of carboxylic acid groups (broad SMARTS) is 6. The fourth-order valence-electron chi connectivity index (χ4n) is 0. The third-order valence-electron chi connectivity index (χ3n) is 0.500. The predicted molar refractivity (Wildman–Crippen MR) is 30.0 cm³/mol. The summed E-state index contributed by atoms with van der Waals surface area (Å²) in [4.78, 5) is 53.6. The van der Waals surface area contributed by atoms with Gasteiger partial charge in [-0.3, -0.25) is 0 Å². The first-order valence-corrected chi connectivity index (χ1v) is 3.20. The van der Waals surface area contributed by atoms with E-state index < -0.39 is 35.8 Å². The molecule has 0 saturated heterocycles. The van der Waals surface area contributed by atoms with Gasteiger partial charge in [0.15, 0.2) is 0 Å². The summed E-state index contributed by atoms with van der Waals surface area (Å²) in [5.41, 5.74) is 0. The summed E-state index contributed by atoms with van der Waals surface area (Å²) in [5, 5.41) is 53.6. The Bertz CT molecular complexity index is 283.